The maximum Gasteiger partial charge on any atom is 0.255 e. The molecule has 0 saturated carbocycles. The number of aryl methyl sites for hydroxylation is 1. The monoisotopic (exact) mass is 266 g/mol. The number of nitrogen functional groups attached to an aromatic ring is 1. The largest absolute Gasteiger partial charge is 0.399 e. The molecular weight excluding hydrogens is 252 g/mol. The highest BCUT2D eigenvalue weighted by atomic mass is 16.1. The summed E-state index contributed by atoms with van der Waals surface area (Å²) in [7, 11) is 0. The first-order chi connectivity index (χ1) is 9.63. The SMILES string of the molecule is Cc1[nH]nc2ccc(NC(=O)c3ccc(N)cc3)cc12. The Morgan fingerprint density at radius 1 is 1.20 bits per heavy atom. The van der Waals surface area contributed by atoms with E-state index >= 15 is 0 Å². The number of nitrogens with one attached hydrogen (secondary N) is 2. The first-order valence-electron chi connectivity index (χ1n) is 6.25. The minimum atomic E-state index is -0.162. The van der Waals surface area contributed by atoms with Crippen molar-refractivity contribution >= 4 is 28.2 Å². The van der Waals surface area contributed by atoms with Gasteiger partial charge in [0.25, 0.3) is 5.91 Å². The molecule has 0 unspecified atom stereocenters. The lowest BCUT2D eigenvalue weighted by Gasteiger charge is -2.05. The van der Waals surface area contributed by atoms with Gasteiger partial charge < -0.3 is 11.1 Å². The molecule has 0 bridgehead atoms. The molecule has 100 valence electrons. The number of amides is 1. The Hall–Kier alpha value is -2.82. The van der Waals surface area contributed by atoms with Crippen LogP contribution in [0.4, 0.5) is 11.4 Å². The molecule has 0 atom stereocenters. The van der Waals surface area contributed by atoms with Gasteiger partial charge in [-0.25, -0.2) is 0 Å². The fraction of sp³-hybridized carbons (Fsp3) is 0.0667. The van der Waals surface area contributed by atoms with Crippen molar-refractivity contribution in [3.05, 3.63) is 53.7 Å². The van der Waals surface area contributed by atoms with Gasteiger partial charge in [-0.2, -0.15) is 5.10 Å². The number of nitrogens with zero attached hydrogens (tertiary/aromatic N) is 1. The normalized spacial score (nSPS) is 10.7. The van der Waals surface area contributed by atoms with Crippen LogP contribution < -0.4 is 11.1 Å². The molecule has 0 aliphatic heterocycles. The van der Waals surface area contributed by atoms with Crippen molar-refractivity contribution in [3.8, 4) is 0 Å². The van der Waals surface area contributed by atoms with Gasteiger partial charge in [-0.05, 0) is 49.4 Å². The van der Waals surface area contributed by atoms with Gasteiger partial charge in [0.1, 0.15) is 0 Å². The van der Waals surface area contributed by atoms with Gasteiger partial charge in [0.05, 0.1) is 5.52 Å². The Morgan fingerprint density at radius 2 is 1.95 bits per heavy atom. The van der Waals surface area contributed by atoms with Crippen LogP contribution in [0.25, 0.3) is 10.9 Å². The number of hydrogen-bond donors (Lipinski definition) is 3. The van der Waals surface area contributed by atoms with Crippen LogP contribution in [0.15, 0.2) is 42.5 Å². The lowest BCUT2D eigenvalue weighted by Crippen LogP contribution is -2.11. The minimum absolute atomic E-state index is 0.162. The highest BCUT2D eigenvalue weighted by molar-refractivity contribution is 6.05. The van der Waals surface area contributed by atoms with E-state index in [2.05, 4.69) is 15.5 Å². The van der Waals surface area contributed by atoms with Crippen LogP contribution in [0, 0.1) is 6.92 Å². The first kappa shape index (κ1) is 12.2. The van der Waals surface area contributed by atoms with Crippen molar-refractivity contribution in [1.82, 2.24) is 10.2 Å². The van der Waals surface area contributed by atoms with E-state index < -0.39 is 0 Å². The summed E-state index contributed by atoms with van der Waals surface area (Å²) in [6.07, 6.45) is 0. The average molecular weight is 266 g/mol. The average Bonchev–Trinajstić information content (AvgIpc) is 2.81. The summed E-state index contributed by atoms with van der Waals surface area (Å²) in [6.45, 7) is 1.95. The number of aromatic amines is 1. The van der Waals surface area contributed by atoms with Gasteiger partial charge in [0.15, 0.2) is 0 Å². The zero-order chi connectivity index (χ0) is 14.1. The van der Waals surface area contributed by atoms with Crippen LogP contribution in [-0.4, -0.2) is 16.1 Å². The highest BCUT2D eigenvalue weighted by Crippen LogP contribution is 2.20. The highest BCUT2D eigenvalue weighted by Gasteiger charge is 2.07. The maximum absolute atomic E-state index is 12.1. The molecule has 5 nitrogen and oxygen atoms in total. The van der Waals surface area contributed by atoms with Crippen molar-refractivity contribution < 1.29 is 4.79 Å². The molecule has 1 heterocycles. The lowest BCUT2D eigenvalue weighted by molar-refractivity contribution is 0.102. The van der Waals surface area contributed by atoms with Crippen molar-refractivity contribution in [2.75, 3.05) is 11.1 Å². The molecule has 0 aliphatic carbocycles. The van der Waals surface area contributed by atoms with Crippen LogP contribution in [0.1, 0.15) is 16.1 Å². The third-order valence-corrected chi connectivity index (χ3v) is 3.18. The second-order valence-electron chi connectivity index (χ2n) is 4.66. The number of aromatic nitrogens is 2. The number of fused-ring (bicyclic) bond motifs is 1. The molecule has 20 heavy (non-hydrogen) atoms. The van der Waals surface area contributed by atoms with Crippen molar-refractivity contribution in [3.63, 3.8) is 0 Å². The molecule has 3 aromatic rings. The van der Waals surface area contributed by atoms with Gasteiger partial charge in [0.2, 0.25) is 0 Å². The maximum atomic E-state index is 12.1. The van der Waals surface area contributed by atoms with Crippen LogP contribution >= 0.6 is 0 Å². The van der Waals surface area contributed by atoms with Crippen LogP contribution in [0.5, 0.6) is 0 Å². The molecular formula is C15H14N4O. The molecule has 1 amide bonds. The van der Waals surface area contributed by atoms with Crippen molar-refractivity contribution in [2.24, 2.45) is 0 Å². The number of hydrogen-bond acceptors (Lipinski definition) is 3. The smallest absolute Gasteiger partial charge is 0.255 e. The lowest BCUT2D eigenvalue weighted by atomic mass is 10.1. The van der Waals surface area contributed by atoms with E-state index in [0.717, 1.165) is 22.3 Å². The summed E-state index contributed by atoms with van der Waals surface area (Å²) in [6, 6.07) is 12.4. The number of benzene rings is 2. The van der Waals surface area contributed by atoms with Crippen LogP contribution in [-0.2, 0) is 0 Å². The number of H-pyrrole nitrogens is 1. The summed E-state index contributed by atoms with van der Waals surface area (Å²) in [4.78, 5) is 12.1. The molecule has 5 heteroatoms. The summed E-state index contributed by atoms with van der Waals surface area (Å²) in [5.41, 5.74) is 9.41. The predicted molar refractivity (Wildman–Crippen MR) is 79.6 cm³/mol. The Labute approximate surface area is 115 Å². The van der Waals surface area contributed by atoms with Crippen LogP contribution in [0.3, 0.4) is 0 Å². The third kappa shape index (κ3) is 2.21. The van der Waals surface area contributed by atoms with Crippen molar-refractivity contribution in [1.29, 1.82) is 0 Å². The Bertz CT molecular complexity index is 774. The van der Waals surface area contributed by atoms with E-state index in [1.807, 2.05) is 25.1 Å². The molecule has 0 fully saturated rings. The third-order valence-electron chi connectivity index (χ3n) is 3.18. The number of carbonyl (C=O) groups is 1. The number of carbonyl (C=O) groups excluding carboxylic acids is 1. The zero-order valence-electron chi connectivity index (χ0n) is 11.0. The number of rotatable bonds is 2. The van der Waals surface area contributed by atoms with Gasteiger partial charge in [-0.1, -0.05) is 0 Å². The Balaban J connectivity index is 1.86. The predicted octanol–water partition coefficient (Wildman–Crippen LogP) is 2.71. The molecule has 0 spiro atoms. The van der Waals surface area contributed by atoms with E-state index in [1.165, 1.54) is 0 Å². The summed E-state index contributed by atoms with van der Waals surface area (Å²) >= 11 is 0. The van der Waals surface area contributed by atoms with E-state index in [9.17, 15) is 4.79 Å². The fourth-order valence-electron chi connectivity index (χ4n) is 2.05. The molecule has 1 aromatic heterocycles. The van der Waals surface area contributed by atoms with E-state index in [4.69, 9.17) is 5.73 Å². The summed E-state index contributed by atoms with van der Waals surface area (Å²) in [5.74, 6) is -0.162. The molecule has 4 N–H and O–H groups in total. The van der Waals surface area contributed by atoms with Crippen LogP contribution in [0.2, 0.25) is 0 Å². The quantitative estimate of drug-likeness (QED) is 0.623. The van der Waals surface area contributed by atoms with E-state index in [-0.39, 0.29) is 5.91 Å². The Kier molecular flexibility index (Phi) is 2.87. The van der Waals surface area contributed by atoms with Gasteiger partial charge in [-0.15, -0.1) is 0 Å². The van der Waals surface area contributed by atoms with Gasteiger partial charge >= 0.3 is 0 Å². The van der Waals surface area contributed by atoms with Gasteiger partial charge in [0, 0.05) is 28.0 Å². The molecule has 2 aromatic carbocycles. The molecule has 0 saturated heterocycles. The second-order valence-corrected chi connectivity index (χ2v) is 4.66. The van der Waals surface area contributed by atoms with Crippen molar-refractivity contribution in [2.45, 2.75) is 6.92 Å². The molecule has 3 rings (SSSR count). The Morgan fingerprint density at radius 3 is 2.70 bits per heavy atom. The fourth-order valence-corrected chi connectivity index (χ4v) is 2.05. The summed E-state index contributed by atoms with van der Waals surface area (Å²) in [5, 5.41) is 10.9. The summed E-state index contributed by atoms with van der Waals surface area (Å²) < 4.78 is 0. The van der Waals surface area contributed by atoms with E-state index in [1.54, 1.807) is 24.3 Å². The zero-order valence-corrected chi connectivity index (χ0v) is 11.0. The topological polar surface area (TPSA) is 83.8 Å². The molecule has 0 aliphatic rings. The second kappa shape index (κ2) is 4.70. The standard InChI is InChI=1S/C15H14N4O/c1-9-13-8-12(6-7-14(13)19-18-9)17-15(20)10-2-4-11(16)5-3-10/h2-8H,16H2,1H3,(H,17,20)(H,18,19). The number of nitrogens with two attached hydrogens (primary N) is 1. The minimum Gasteiger partial charge on any atom is -0.399 e. The number of anilines is 2. The van der Waals surface area contributed by atoms with E-state index in [0.29, 0.717) is 11.3 Å². The first-order valence-corrected chi connectivity index (χ1v) is 6.25. The molecule has 0 radical (unpaired) electrons. The van der Waals surface area contributed by atoms with Gasteiger partial charge in [-0.3, -0.25) is 9.89 Å².